The number of aryl methyl sites for hydroxylation is 1. The first-order valence-corrected chi connectivity index (χ1v) is 8.04. The van der Waals surface area contributed by atoms with Crippen molar-refractivity contribution >= 4 is 16.3 Å². The van der Waals surface area contributed by atoms with Gasteiger partial charge in [0.25, 0.3) is 5.56 Å². The summed E-state index contributed by atoms with van der Waals surface area (Å²) < 4.78 is 6.61. The Bertz CT molecular complexity index is 887. The molecule has 0 aliphatic heterocycles. The van der Waals surface area contributed by atoms with Crippen molar-refractivity contribution < 1.29 is 4.74 Å². The number of fused-ring (bicyclic) bond motifs is 1. The van der Waals surface area contributed by atoms with Crippen LogP contribution in [0.2, 0.25) is 0 Å². The molecule has 0 atom stereocenters. The fraction of sp³-hybridized carbons (Fsp3) is 0.312. The van der Waals surface area contributed by atoms with Crippen LogP contribution in [-0.2, 0) is 13.1 Å². The van der Waals surface area contributed by atoms with E-state index in [1.54, 1.807) is 7.11 Å². The van der Waals surface area contributed by atoms with Crippen LogP contribution in [0.1, 0.15) is 16.3 Å². The molecule has 0 fully saturated rings. The number of aromatic nitrogens is 3. The monoisotopic (exact) mass is 330 g/mol. The number of benzene rings is 1. The van der Waals surface area contributed by atoms with E-state index in [2.05, 4.69) is 21.0 Å². The van der Waals surface area contributed by atoms with Crippen molar-refractivity contribution in [1.82, 2.24) is 19.5 Å². The van der Waals surface area contributed by atoms with Crippen molar-refractivity contribution in [1.29, 1.82) is 0 Å². The highest BCUT2D eigenvalue weighted by Gasteiger charge is 2.10. The highest BCUT2D eigenvalue weighted by Crippen LogP contribution is 2.17. The zero-order valence-corrected chi connectivity index (χ0v) is 14.1. The molecule has 0 amide bonds. The smallest absolute Gasteiger partial charge is 0.275 e. The first kappa shape index (κ1) is 15.6. The summed E-state index contributed by atoms with van der Waals surface area (Å²) in [7, 11) is 3.68. The van der Waals surface area contributed by atoms with Gasteiger partial charge in [0.2, 0.25) is 4.96 Å². The zero-order chi connectivity index (χ0) is 16.4. The first-order chi connectivity index (χ1) is 11.0. The van der Waals surface area contributed by atoms with E-state index >= 15 is 0 Å². The summed E-state index contributed by atoms with van der Waals surface area (Å²) in [6.07, 6.45) is 0. The molecular formula is C16H18N4O2S. The van der Waals surface area contributed by atoms with Crippen molar-refractivity contribution in [3.8, 4) is 5.75 Å². The van der Waals surface area contributed by atoms with Gasteiger partial charge in [-0.05, 0) is 31.7 Å². The Morgan fingerprint density at radius 3 is 2.91 bits per heavy atom. The van der Waals surface area contributed by atoms with Gasteiger partial charge in [0.15, 0.2) is 0 Å². The molecule has 120 valence electrons. The van der Waals surface area contributed by atoms with Crippen LogP contribution in [0.5, 0.6) is 5.75 Å². The minimum atomic E-state index is -0.134. The van der Waals surface area contributed by atoms with Crippen LogP contribution < -0.4 is 10.3 Å². The summed E-state index contributed by atoms with van der Waals surface area (Å²) in [6, 6.07) is 9.48. The SMILES string of the molecule is COc1cccc(CN(C)Cc2nn3c(=O)cc(C)nc3s2)c1. The minimum Gasteiger partial charge on any atom is -0.497 e. The second-order valence-corrected chi connectivity index (χ2v) is 6.49. The van der Waals surface area contributed by atoms with Gasteiger partial charge in [-0.1, -0.05) is 23.5 Å². The van der Waals surface area contributed by atoms with E-state index < -0.39 is 0 Å². The fourth-order valence-corrected chi connectivity index (χ4v) is 3.42. The van der Waals surface area contributed by atoms with Gasteiger partial charge in [0.05, 0.1) is 13.7 Å². The van der Waals surface area contributed by atoms with E-state index in [0.29, 0.717) is 11.5 Å². The maximum absolute atomic E-state index is 11.9. The van der Waals surface area contributed by atoms with E-state index in [0.717, 1.165) is 23.0 Å². The maximum Gasteiger partial charge on any atom is 0.275 e. The van der Waals surface area contributed by atoms with Gasteiger partial charge in [0.1, 0.15) is 10.8 Å². The van der Waals surface area contributed by atoms with E-state index in [1.807, 2.05) is 32.2 Å². The van der Waals surface area contributed by atoms with Gasteiger partial charge in [-0.15, -0.1) is 0 Å². The van der Waals surface area contributed by atoms with Gasteiger partial charge in [-0.25, -0.2) is 4.98 Å². The molecule has 0 radical (unpaired) electrons. The Hall–Kier alpha value is -2.25. The normalized spacial score (nSPS) is 11.3. The highest BCUT2D eigenvalue weighted by atomic mass is 32.1. The minimum absolute atomic E-state index is 0.134. The second kappa shape index (κ2) is 6.47. The molecule has 0 saturated carbocycles. The molecule has 2 heterocycles. The van der Waals surface area contributed by atoms with E-state index in [-0.39, 0.29) is 5.56 Å². The molecule has 3 rings (SSSR count). The highest BCUT2D eigenvalue weighted by molar-refractivity contribution is 7.16. The Labute approximate surface area is 138 Å². The molecule has 0 N–H and O–H groups in total. The predicted octanol–water partition coefficient (Wildman–Crippen LogP) is 2.10. The lowest BCUT2D eigenvalue weighted by molar-refractivity contribution is 0.316. The Morgan fingerprint density at radius 1 is 1.30 bits per heavy atom. The van der Waals surface area contributed by atoms with E-state index in [4.69, 9.17) is 4.74 Å². The Kier molecular flexibility index (Phi) is 4.40. The van der Waals surface area contributed by atoms with Crippen molar-refractivity contribution in [2.45, 2.75) is 20.0 Å². The van der Waals surface area contributed by atoms with Crippen LogP contribution in [0.15, 0.2) is 35.1 Å². The van der Waals surface area contributed by atoms with E-state index in [1.165, 1.54) is 27.5 Å². The molecular weight excluding hydrogens is 312 g/mol. The summed E-state index contributed by atoms with van der Waals surface area (Å²) in [5, 5.41) is 5.23. The standard InChI is InChI=1S/C16H18N4O2S/c1-11-7-15(21)20-16(17-11)23-14(18-20)10-19(2)9-12-5-4-6-13(8-12)22-3/h4-8H,9-10H2,1-3H3. The summed E-state index contributed by atoms with van der Waals surface area (Å²) in [5.41, 5.74) is 1.75. The van der Waals surface area contributed by atoms with Crippen LogP contribution in [0.3, 0.4) is 0 Å². The van der Waals surface area contributed by atoms with Crippen molar-refractivity contribution in [3.05, 3.63) is 57.0 Å². The third-order valence-corrected chi connectivity index (χ3v) is 4.30. The number of ether oxygens (including phenoxy) is 1. The number of methoxy groups -OCH3 is 1. The van der Waals surface area contributed by atoms with Gasteiger partial charge in [-0.3, -0.25) is 9.69 Å². The molecule has 0 saturated heterocycles. The number of nitrogens with zero attached hydrogens (tertiary/aromatic N) is 4. The summed E-state index contributed by atoms with van der Waals surface area (Å²) in [4.78, 5) is 19.0. The van der Waals surface area contributed by atoms with Crippen molar-refractivity contribution in [2.24, 2.45) is 0 Å². The maximum atomic E-state index is 11.9. The summed E-state index contributed by atoms with van der Waals surface area (Å²) in [6.45, 7) is 3.24. The molecule has 6 nitrogen and oxygen atoms in total. The van der Waals surface area contributed by atoms with Crippen molar-refractivity contribution in [2.75, 3.05) is 14.2 Å². The molecule has 0 aliphatic rings. The quantitative estimate of drug-likeness (QED) is 0.717. The lowest BCUT2D eigenvalue weighted by atomic mass is 10.2. The molecule has 0 bridgehead atoms. The van der Waals surface area contributed by atoms with Crippen LogP contribution >= 0.6 is 11.3 Å². The van der Waals surface area contributed by atoms with Gasteiger partial charge >= 0.3 is 0 Å². The summed E-state index contributed by atoms with van der Waals surface area (Å²) >= 11 is 1.45. The topological polar surface area (TPSA) is 59.7 Å². The van der Waals surface area contributed by atoms with Crippen LogP contribution in [0.25, 0.3) is 4.96 Å². The van der Waals surface area contributed by atoms with Gasteiger partial charge in [0, 0.05) is 18.3 Å². The third kappa shape index (κ3) is 3.57. The second-order valence-electron chi connectivity index (χ2n) is 5.45. The largest absolute Gasteiger partial charge is 0.497 e. The number of hydrogen-bond acceptors (Lipinski definition) is 6. The average Bonchev–Trinajstić information content (AvgIpc) is 2.89. The predicted molar refractivity (Wildman–Crippen MR) is 90.0 cm³/mol. The Balaban J connectivity index is 1.76. The average molecular weight is 330 g/mol. The number of rotatable bonds is 5. The summed E-state index contributed by atoms with van der Waals surface area (Å²) in [5.74, 6) is 0.849. The van der Waals surface area contributed by atoms with Crippen LogP contribution in [-0.4, -0.2) is 33.7 Å². The van der Waals surface area contributed by atoms with Gasteiger partial charge in [-0.2, -0.15) is 9.61 Å². The van der Waals surface area contributed by atoms with Crippen LogP contribution in [0, 0.1) is 6.92 Å². The lowest BCUT2D eigenvalue weighted by Crippen LogP contribution is -2.18. The Morgan fingerprint density at radius 2 is 2.13 bits per heavy atom. The zero-order valence-electron chi connectivity index (χ0n) is 13.3. The fourth-order valence-electron chi connectivity index (χ4n) is 2.39. The number of hydrogen-bond donors (Lipinski definition) is 0. The van der Waals surface area contributed by atoms with Crippen molar-refractivity contribution in [3.63, 3.8) is 0 Å². The molecule has 0 spiro atoms. The molecule has 2 aromatic heterocycles. The molecule has 7 heteroatoms. The van der Waals surface area contributed by atoms with Gasteiger partial charge < -0.3 is 4.74 Å². The molecule has 23 heavy (non-hydrogen) atoms. The van der Waals surface area contributed by atoms with E-state index in [9.17, 15) is 4.79 Å². The van der Waals surface area contributed by atoms with Crippen LogP contribution in [0.4, 0.5) is 0 Å². The third-order valence-electron chi connectivity index (χ3n) is 3.41. The lowest BCUT2D eigenvalue weighted by Gasteiger charge is -2.15. The first-order valence-electron chi connectivity index (χ1n) is 7.23. The molecule has 3 aromatic rings. The molecule has 0 aliphatic carbocycles. The molecule has 1 aromatic carbocycles. The molecule has 0 unspecified atom stereocenters.